The number of halogens is 4. The second-order valence-electron chi connectivity index (χ2n) is 14.3. The quantitative estimate of drug-likeness (QED) is 0.173. The predicted octanol–water partition coefficient (Wildman–Crippen LogP) is 7.62. The van der Waals surface area contributed by atoms with Gasteiger partial charge in [0.1, 0.15) is 0 Å². The SMILES string of the molecule is Cc1ccc(C2=Cc3c(ccc(C)c3-c3ccc(Cl)cc3)[CH]2[Zr+2](=[C]2CCC2)[CH]2C(c3ccc(C)o3)=Cc3c2ccc(C)c3-c2ccc(Cl)cc2)o1.[Cl-].[Cl-]. The fraction of sp³-hybridized carbons (Fsp3) is 0.196. The van der Waals surface area contributed by atoms with Crippen molar-refractivity contribution in [3.63, 3.8) is 0 Å². The summed E-state index contributed by atoms with van der Waals surface area (Å²) >= 11 is 9.99. The van der Waals surface area contributed by atoms with Crippen LogP contribution in [0.15, 0.2) is 106 Å². The molecular weight excluding hydrogens is 818 g/mol. The third-order valence-electron chi connectivity index (χ3n) is 11.1. The van der Waals surface area contributed by atoms with Crippen LogP contribution in [0.5, 0.6) is 0 Å². The summed E-state index contributed by atoms with van der Waals surface area (Å²) in [6.07, 6.45) is 8.64. The fourth-order valence-corrected chi connectivity index (χ4v) is 19.6. The molecule has 0 saturated heterocycles. The molecule has 266 valence electrons. The summed E-state index contributed by atoms with van der Waals surface area (Å²) in [5.41, 5.74) is 15.7. The van der Waals surface area contributed by atoms with E-state index >= 15 is 0 Å². The number of allylic oxidation sites excluding steroid dienone is 2. The molecule has 0 N–H and O–H groups in total. The molecule has 2 heterocycles. The molecule has 0 radical (unpaired) electrons. The van der Waals surface area contributed by atoms with E-state index in [4.69, 9.17) is 32.0 Å². The van der Waals surface area contributed by atoms with Gasteiger partial charge < -0.3 is 24.8 Å². The van der Waals surface area contributed by atoms with Gasteiger partial charge in [0.25, 0.3) is 0 Å². The molecule has 0 bridgehead atoms. The Morgan fingerprint density at radius 1 is 0.528 bits per heavy atom. The molecule has 0 spiro atoms. The maximum absolute atomic E-state index is 6.54. The molecule has 7 heteroatoms. The van der Waals surface area contributed by atoms with Crippen molar-refractivity contribution in [2.24, 2.45) is 0 Å². The van der Waals surface area contributed by atoms with Crippen molar-refractivity contribution in [1.82, 2.24) is 0 Å². The number of hydrogen-bond donors (Lipinski definition) is 0. The van der Waals surface area contributed by atoms with Crippen LogP contribution in [-0.4, -0.2) is 3.21 Å². The van der Waals surface area contributed by atoms with Gasteiger partial charge in [0.05, 0.1) is 0 Å². The first-order valence-corrected chi connectivity index (χ1v) is 22.6. The van der Waals surface area contributed by atoms with Crippen molar-refractivity contribution in [1.29, 1.82) is 0 Å². The maximum atomic E-state index is 6.54. The van der Waals surface area contributed by atoms with E-state index in [0.717, 1.165) is 33.1 Å². The van der Waals surface area contributed by atoms with Gasteiger partial charge >= 0.3 is 320 Å². The molecule has 6 aromatic rings. The number of aryl methyl sites for hydroxylation is 4. The average molecular weight is 856 g/mol. The van der Waals surface area contributed by atoms with E-state index in [-0.39, 0.29) is 32.1 Å². The summed E-state index contributed by atoms with van der Waals surface area (Å²) in [6, 6.07) is 34.8. The largest absolute Gasteiger partial charge is 1.00 e. The summed E-state index contributed by atoms with van der Waals surface area (Å²) in [6.45, 7) is 8.57. The Kier molecular flexibility index (Phi) is 10.9. The molecule has 4 aromatic carbocycles. The maximum Gasteiger partial charge on any atom is -1.00 e. The van der Waals surface area contributed by atoms with Crippen molar-refractivity contribution >= 4 is 49.7 Å². The molecule has 3 aliphatic rings. The Balaban J connectivity index is 0.00000218. The van der Waals surface area contributed by atoms with Gasteiger partial charge in [0.15, 0.2) is 0 Å². The van der Waals surface area contributed by atoms with Gasteiger partial charge in [-0.15, -0.1) is 0 Å². The van der Waals surface area contributed by atoms with Crippen LogP contribution < -0.4 is 24.8 Å². The number of fused-ring (bicyclic) bond motifs is 2. The van der Waals surface area contributed by atoms with Gasteiger partial charge in [0.2, 0.25) is 0 Å². The van der Waals surface area contributed by atoms with Crippen LogP contribution in [0.2, 0.25) is 10.0 Å². The third kappa shape index (κ3) is 6.66. The molecule has 2 aromatic heterocycles. The third-order valence-corrected chi connectivity index (χ3v) is 21.0. The van der Waals surface area contributed by atoms with E-state index in [9.17, 15) is 0 Å². The Hall–Kier alpha value is -3.17. The van der Waals surface area contributed by atoms with Gasteiger partial charge in [-0.1, -0.05) is 0 Å². The molecule has 2 unspecified atom stereocenters. The van der Waals surface area contributed by atoms with Gasteiger partial charge in [0, 0.05) is 0 Å². The van der Waals surface area contributed by atoms with Crippen LogP contribution >= 0.6 is 23.2 Å². The van der Waals surface area contributed by atoms with Crippen LogP contribution in [0, 0.1) is 27.7 Å². The minimum Gasteiger partial charge on any atom is -1.00 e. The average Bonchev–Trinajstić information content (AvgIpc) is 3.89. The number of benzene rings is 4. The molecule has 3 aliphatic carbocycles. The Bertz CT molecular complexity index is 2290. The van der Waals surface area contributed by atoms with E-state index in [1.807, 2.05) is 27.5 Å². The molecule has 53 heavy (non-hydrogen) atoms. The van der Waals surface area contributed by atoms with Crippen molar-refractivity contribution in [2.75, 3.05) is 0 Å². The molecule has 0 amide bonds. The molecule has 2 nitrogen and oxygen atoms in total. The first-order valence-electron chi connectivity index (χ1n) is 17.8. The summed E-state index contributed by atoms with van der Waals surface area (Å²) in [7, 11) is 0. The monoisotopic (exact) mass is 852 g/mol. The van der Waals surface area contributed by atoms with Crippen molar-refractivity contribution < 1.29 is 54.9 Å². The molecular formula is C46H38Cl4O2Zr. The van der Waals surface area contributed by atoms with Crippen molar-refractivity contribution in [2.45, 2.75) is 54.2 Å². The van der Waals surface area contributed by atoms with E-state index < -0.39 is 21.3 Å². The van der Waals surface area contributed by atoms with Crippen LogP contribution in [0.25, 0.3) is 45.6 Å². The van der Waals surface area contributed by atoms with Crippen LogP contribution in [-0.2, 0) is 21.3 Å². The van der Waals surface area contributed by atoms with Crippen molar-refractivity contribution in [3.8, 4) is 22.3 Å². The zero-order chi connectivity index (χ0) is 35.0. The number of hydrogen-bond acceptors (Lipinski definition) is 2. The summed E-state index contributed by atoms with van der Waals surface area (Å²) in [5.74, 6) is 3.87. The predicted molar refractivity (Wildman–Crippen MR) is 210 cm³/mol. The molecule has 1 saturated carbocycles. The van der Waals surface area contributed by atoms with E-state index in [0.29, 0.717) is 0 Å². The van der Waals surface area contributed by atoms with Crippen molar-refractivity contribution in [3.05, 3.63) is 164 Å². The Labute approximate surface area is 341 Å². The standard InChI is InChI=1S/2C21H16ClO.C4H6.2ClH.Zr/c2*1-13-3-5-16-11-17(20-10-4-14(2)23-20)12-19(16)21(13)15-6-8-18(22)9-7-15;1-2-4-3-1;;;/h2*3-12H,1-2H3;1-3H2;2*1H;/q;;;;;+2/p-2. The van der Waals surface area contributed by atoms with Crippen LogP contribution in [0.1, 0.15) is 82.9 Å². The zero-order valence-corrected chi connectivity index (χ0v) is 35.5. The van der Waals surface area contributed by atoms with Crippen LogP contribution in [0.3, 0.4) is 0 Å². The number of rotatable bonds is 6. The second kappa shape index (κ2) is 15.2. The summed E-state index contributed by atoms with van der Waals surface area (Å²) in [5, 5.41) is 1.50. The van der Waals surface area contributed by atoms with Gasteiger partial charge in [-0.3, -0.25) is 0 Å². The minimum atomic E-state index is -2.79. The normalized spacial score (nSPS) is 16.7. The fourth-order valence-electron chi connectivity index (χ4n) is 8.61. The number of furan rings is 2. The summed E-state index contributed by atoms with van der Waals surface area (Å²) < 4.78 is 15.5. The molecule has 9 rings (SSSR count). The first kappa shape index (κ1) is 38.1. The Morgan fingerprint density at radius 2 is 0.943 bits per heavy atom. The van der Waals surface area contributed by atoms with E-state index in [2.05, 4.69) is 113 Å². The topological polar surface area (TPSA) is 26.3 Å². The Morgan fingerprint density at radius 3 is 1.28 bits per heavy atom. The summed E-state index contributed by atoms with van der Waals surface area (Å²) in [4.78, 5) is 0. The zero-order valence-electron chi connectivity index (χ0n) is 30.0. The van der Waals surface area contributed by atoms with E-state index in [1.165, 1.54) is 86.0 Å². The van der Waals surface area contributed by atoms with Gasteiger partial charge in [-0.05, 0) is 0 Å². The van der Waals surface area contributed by atoms with Gasteiger partial charge in [-0.2, -0.15) is 0 Å². The van der Waals surface area contributed by atoms with Crippen LogP contribution in [0.4, 0.5) is 0 Å². The molecule has 0 aliphatic heterocycles. The smallest absolute Gasteiger partial charge is 1.00 e. The minimum absolute atomic E-state index is 0. The first-order chi connectivity index (χ1) is 24.7. The molecule has 1 fully saturated rings. The second-order valence-corrected chi connectivity index (χ2v) is 22.0. The van der Waals surface area contributed by atoms with Gasteiger partial charge in [-0.25, -0.2) is 0 Å². The van der Waals surface area contributed by atoms with E-state index in [1.54, 1.807) is 0 Å². The molecule has 2 atom stereocenters.